The molecule has 2 amide bonds. The third-order valence-corrected chi connectivity index (χ3v) is 6.97. The third-order valence-electron chi connectivity index (χ3n) is 6.97. The van der Waals surface area contributed by atoms with Gasteiger partial charge in [0.15, 0.2) is 0 Å². The molecule has 2 saturated heterocycles. The first-order chi connectivity index (χ1) is 17.2. The monoisotopic (exact) mass is 503 g/mol. The Bertz CT molecular complexity index is 1010. The highest BCUT2D eigenvalue weighted by Crippen LogP contribution is 2.27. The van der Waals surface area contributed by atoms with Gasteiger partial charge in [0.25, 0.3) is 5.92 Å². The number of carbonyl (C=O) groups is 1. The minimum Gasteiger partial charge on any atom is -0.496 e. The van der Waals surface area contributed by atoms with Gasteiger partial charge in [-0.1, -0.05) is 0 Å². The van der Waals surface area contributed by atoms with E-state index in [1.54, 1.807) is 13.3 Å². The van der Waals surface area contributed by atoms with E-state index in [0.717, 1.165) is 50.7 Å². The Hall–Kier alpha value is -3.08. The molecule has 0 unspecified atom stereocenters. The standard InChI is InChI=1S/C25H35F2N7O2/c1-17-14-33(23-29-12-20(13-30-23)25(3,26)27)15-18(2)34(17)24(35)31-21-6-9-32(10-7-21)16-19-11-28-8-5-22(19)36-4/h5,8,11-13,17-18,21H,6-7,9-10,14-16H2,1-4H3,(H,31,35)/t17-,18+. The van der Waals surface area contributed by atoms with Gasteiger partial charge in [0.2, 0.25) is 5.95 Å². The molecule has 4 rings (SSSR count). The lowest BCUT2D eigenvalue weighted by Crippen LogP contribution is -2.62. The van der Waals surface area contributed by atoms with Crippen molar-refractivity contribution in [1.29, 1.82) is 0 Å². The number of halogens is 2. The molecule has 0 bridgehead atoms. The Morgan fingerprint density at radius 2 is 1.78 bits per heavy atom. The first-order valence-electron chi connectivity index (χ1n) is 12.4. The van der Waals surface area contributed by atoms with Crippen molar-refractivity contribution in [3.63, 3.8) is 0 Å². The average molecular weight is 504 g/mol. The van der Waals surface area contributed by atoms with Crippen LogP contribution >= 0.6 is 0 Å². The van der Waals surface area contributed by atoms with Crippen LogP contribution in [-0.2, 0) is 12.5 Å². The number of alkyl halides is 2. The Kier molecular flexibility index (Phi) is 7.87. The van der Waals surface area contributed by atoms with Crippen LogP contribution in [0.1, 0.15) is 44.7 Å². The van der Waals surface area contributed by atoms with Crippen LogP contribution in [0.25, 0.3) is 0 Å². The number of piperidine rings is 1. The molecule has 2 aromatic rings. The fraction of sp³-hybridized carbons (Fsp3) is 0.600. The van der Waals surface area contributed by atoms with Gasteiger partial charge in [-0.15, -0.1) is 0 Å². The normalized spacial score (nSPS) is 21.9. The van der Waals surface area contributed by atoms with Crippen LogP contribution in [0.4, 0.5) is 19.5 Å². The second-order valence-corrected chi connectivity index (χ2v) is 9.86. The zero-order valence-electron chi connectivity index (χ0n) is 21.3. The molecule has 9 nitrogen and oxygen atoms in total. The Morgan fingerprint density at radius 3 is 2.36 bits per heavy atom. The topological polar surface area (TPSA) is 86.7 Å². The highest BCUT2D eigenvalue weighted by Gasteiger charge is 2.35. The summed E-state index contributed by atoms with van der Waals surface area (Å²) in [5, 5.41) is 3.23. The summed E-state index contributed by atoms with van der Waals surface area (Å²) in [7, 11) is 1.67. The van der Waals surface area contributed by atoms with Crippen molar-refractivity contribution in [1.82, 2.24) is 30.1 Å². The van der Waals surface area contributed by atoms with Crippen molar-refractivity contribution in [2.24, 2.45) is 0 Å². The van der Waals surface area contributed by atoms with E-state index in [-0.39, 0.29) is 29.7 Å². The first-order valence-corrected chi connectivity index (χ1v) is 12.4. The number of rotatable bonds is 6. The molecule has 196 valence electrons. The van der Waals surface area contributed by atoms with Crippen molar-refractivity contribution in [3.05, 3.63) is 42.0 Å². The number of aromatic nitrogens is 3. The molecule has 2 atom stereocenters. The van der Waals surface area contributed by atoms with Gasteiger partial charge in [-0.05, 0) is 32.8 Å². The van der Waals surface area contributed by atoms with Crippen molar-refractivity contribution in [2.75, 3.05) is 38.2 Å². The van der Waals surface area contributed by atoms with Crippen LogP contribution in [0.2, 0.25) is 0 Å². The minimum absolute atomic E-state index is 0.0658. The zero-order chi connectivity index (χ0) is 25.9. The van der Waals surface area contributed by atoms with E-state index in [2.05, 4.69) is 25.2 Å². The second kappa shape index (κ2) is 10.9. The molecule has 4 heterocycles. The van der Waals surface area contributed by atoms with E-state index in [1.165, 1.54) is 12.4 Å². The Balaban J connectivity index is 1.28. The number of methoxy groups -OCH3 is 1. The maximum Gasteiger partial charge on any atom is 0.318 e. The molecule has 0 radical (unpaired) electrons. The summed E-state index contributed by atoms with van der Waals surface area (Å²) >= 11 is 0. The number of anilines is 1. The number of urea groups is 1. The van der Waals surface area contributed by atoms with Crippen LogP contribution in [0, 0.1) is 0 Å². The van der Waals surface area contributed by atoms with Crippen molar-refractivity contribution < 1.29 is 18.3 Å². The molecular weight excluding hydrogens is 468 g/mol. The molecule has 36 heavy (non-hydrogen) atoms. The lowest BCUT2D eigenvalue weighted by molar-refractivity contribution is 0.0167. The smallest absolute Gasteiger partial charge is 0.318 e. The van der Waals surface area contributed by atoms with Crippen molar-refractivity contribution >= 4 is 12.0 Å². The van der Waals surface area contributed by atoms with Crippen molar-refractivity contribution in [3.8, 4) is 5.75 Å². The molecular formula is C25H35F2N7O2. The van der Waals surface area contributed by atoms with Gasteiger partial charge in [0.05, 0.1) is 12.7 Å². The number of piperazine rings is 1. The molecule has 11 heteroatoms. The number of likely N-dealkylation sites (tertiary alicyclic amines) is 1. The number of nitrogens with zero attached hydrogens (tertiary/aromatic N) is 6. The van der Waals surface area contributed by atoms with Crippen LogP contribution in [0.15, 0.2) is 30.9 Å². The van der Waals surface area contributed by atoms with Gasteiger partial charge in [-0.25, -0.2) is 23.5 Å². The lowest BCUT2D eigenvalue weighted by atomic mass is 10.0. The molecule has 2 aliphatic heterocycles. The number of hydrogen-bond acceptors (Lipinski definition) is 7. The summed E-state index contributed by atoms with van der Waals surface area (Å²) in [6, 6.07) is 1.76. The van der Waals surface area contributed by atoms with Crippen LogP contribution in [0.5, 0.6) is 5.75 Å². The molecule has 0 spiro atoms. The number of nitrogens with one attached hydrogen (secondary N) is 1. The summed E-state index contributed by atoms with van der Waals surface area (Å²) in [4.78, 5) is 31.9. The summed E-state index contributed by atoms with van der Waals surface area (Å²) in [6.07, 6.45) is 7.66. The summed E-state index contributed by atoms with van der Waals surface area (Å²) < 4.78 is 32.4. The van der Waals surface area contributed by atoms with Gasteiger partial charge in [0.1, 0.15) is 5.75 Å². The van der Waals surface area contributed by atoms with Crippen LogP contribution < -0.4 is 15.0 Å². The predicted octanol–water partition coefficient (Wildman–Crippen LogP) is 3.27. The van der Waals surface area contributed by atoms with Gasteiger partial charge < -0.3 is 19.9 Å². The van der Waals surface area contributed by atoms with E-state index >= 15 is 0 Å². The highest BCUT2D eigenvalue weighted by molar-refractivity contribution is 5.75. The summed E-state index contributed by atoms with van der Waals surface area (Å²) in [6.45, 7) is 8.40. The highest BCUT2D eigenvalue weighted by atomic mass is 19.3. The molecule has 2 aliphatic rings. The van der Waals surface area contributed by atoms with E-state index in [0.29, 0.717) is 19.0 Å². The average Bonchev–Trinajstić information content (AvgIpc) is 2.84. The maximum atomic E-state index is 13.5. The number of ether oxygens (including phenoxy) is 1. The third kappa shape index (κ3) is 6.00. The summed E-state index contributed by atoms with van der Waals surface area (Å²) in [5.74, 6) is -1.73. The fourth-order valence-electron chi connectivity index (χ4n) is 5.06. The minimum atomic E-state index is -2.97. The quantitative estimate of drug-likeness (QED) is 0.648. The Labute approximate surface area is 210 Å². The summed E-state index contributed by atoms with van der Waals surface area (Å²) in [5.41, 5.74) is 0.848. The number of pyridine rings is 1. The number of amides is 2. The van der Waals surface area contributed by atoms with Gasteiger partial charge in [-0.2, -0.15) is 0 Å². The SMILES string of the molecule is COc1ccncc1CN1CCC(NC(=O)N2[C@H](C)CN(c3ncc(C(C)(F)F)cn3)C[C@@H]2C)CC1. The van der Waals surface area contributed by atoms with E-state index in [1.807, 2.05) is 35.9 Å². The molecule has 2 aromatic heterocycles. The zero-order valence-corrected chi connectivity index (χ0v) is 21.3. The predicted molar refractivity (Wildman–Crippen MR) is 132 cm³/mol. The second-order valence-electron chi connectivity index (χ2n) is 9.86. The van der Waals surface area contributed by atoms with Crippen molar-refractivity contribution in [2.45, 2.75) is 64.2 Å². The largest absolute Gasteiger partial charge is 0.496 e. The first kappa shape index (κ1) is 26.0. The van der Waals surface area contributed by atoms with Gasteiger partial charge >= 0.3 is 6.03 Å². The van der Waals surface area contributed by atoms with Gasteiger partial charge in [-0.3, -0.25) is 9.88 Å². The molecule has 0 aromatic carbocycles. The molecule has 0 aliphatic carbocycles. The van der Waals surface area contributed by atoms with Crippen LogP contribution in [-0.4, -0.2) is 82.2 Å². The van der Waals surface area contributed by atoms with E-state index < -0.39 is 5.92 Å². The molecule has 2 fully saturated rings. The van der Waals surface area contributed by atoms with E-state index in [4.69, 9.17) is 4.74 Å². The van der Waals surface area contributed by atoms with Gasteiger partial charge in [0, 0.05) is 88.1 Å². The fourth-order valence-corrected chi connectivity index (χ4v) is 5.06. The molecule has 1 N–H and O–H groups in total. The molecule has 0 saturated carbocycles. The van der Waals surface area contributed by atoms with E-state index in [9.17, 15) is 13.6 Å². The Morgan fingerprint density at radius 1 is 1.14 bits per heavy atom. The number of carbonyl (C=O) groups excluding carboxylic acids is 1. The lowest BCUT2D eigenvalue weighted by Gasteiger charge is -2.45. The van der Waals surface area contributed by atoms with Crippen LogP contribution in [0.3, 0.4) is 0 Å². The maximum absolute atomic E-state index is 13.5. The number of hydrogen-bond donors (Lipinski definition) is 1.